The first-order valence-corrected chi connectivity index (χ1v) is 7.14. The molecule has 106 valence electrons. The molecule has 1 fully saturated rings. The van der Waals surface area contributed by atoms with Crippen LogP contribution in [0.1, 0.15) is 38.5 Å². The fraction of sp³-hybridized carbons (Fsp3) is 0.438. The second-order valence-electron chi connectivity index (χ2n) is 5.26. The van der Waals surface area contributed by atoms with Crippen molar-refractivity contribution >= 4 is 16.9 Å². The van der Waals surface area contributed by atoms with Crippen molar-refractivity contribution in [2.45, 2.75) is 32.7 Å². The number of hydrogen-bond acceptors (Lipinski definition) is 3. The van der Waals surface area contributed by atoms with E-state index in [9.17, 15) is 4.79 Å². The number of carbonyl (C=O) groups excluding carboxylic acids is 1. The van der Waals surface area contributed by atoms with Crippen LogP contribution in [0.25, 0.3) is 11.0 Å². The molecule has 1 aromatic heterocycles. The van der Waals surface area contributed by atoms with Gasteiger partial charge in [0.15, 0.2) is 11.3 Å². The van der Waals surface area contributed by atoms with Crippen LogP contribution in [-0.2, 0) is 4.79 Å². The molecule has 1 heterocycles. The molecule has 1 unspecified atom stereocenters. The van der Waals surface area contributed by atoms with Crippen LogP contribution in [0.3, 0.4) is 0 Å². The summed E-state index contributed by atoms with van der Waals surface area (Å²) in [4.78, 5) is 11.8. The van der Waals surface area contributed by atoms with Gasteiger partial charge in [0.1, 0.15) is 5.76 Å². The largest absolute Gasteiger partial charge is 0.490 e. The third-order valence-corrected chi connectivity index (χ3v) is 3.56. The lowest BCUT2D eigenvalue weighted by atomic mass is 10.2. The molecule has 1 aromatic carbocycles. The zero-order chi connectivity index (χ0) is 14.1. The minimum absolute atomic E-state index is 0.120. The molecule has 4 nitrogen and oxygen atoms in total. The van der Waals surface area contributed by atoms with Gasteiger partial charge in [0, 0.05) is 11.3 Å². The zero-order valence-corrected chi connectivity index (χ0v) is 11.8. The number of fused-ring (bicyclic) bond motifs is 1. The molecule has 20 heavy (non-hydrogen) atoms. The topological polar surface area (TPSA) is 51.5 Å². The molecule has 1 aliphatic carbocycles. The molecule has 1 saturated carbocycles. The van der Waals surface area contributed by atoms with Crippen molar-refractivity contribution in [3.05, 3.63) is 30.0 Å². The first kappa shape index (κ1) is 13.0. The lowest BCUT2D eigenvalue weighted by Crippen LogP contribution is -2.27. The summed E-state index contributed by atoms with van der Waals surface area (Å²) >= 11 is 0. The molecule has 0 aliphatic heterocycles. The van der Waals surface area contributed by atoms with Gasteiger partial charge in [0.2, 0.25) is 5.91 Å². The van der Waals surface area contributed by atoms with Crippen LogP contribution in [0.15, 0.2) is 28.7 Å². The van der Waals surface area contributed by atoms with Crippen molar-refractivity contribution in [3.8, 4) is 5.75 Å². The minimum Gasteiger partial charge on any atom is -0.490 e. The standard InChI is InChI=1S/C16H19NO3/c1-3-19-13-6-4-5-12-9-14(20-15(12)13)10(2)17-16(18)11-7-8-11/h4-6,9-11H,3,7-8H2,1-2H3,(H,17,18). The van der Waals surface area contributed by atoms with Gasteiger partial charge in [-0.15, -0.1) is 0 Å². The van der Waals surface area contributed by atoms with Crippen LogP contribution in [0.2, 0.25) is 0 Å². The van der Waals surface area contributed by atoms with Gasteiger partial charge in [0.25, 0.3) is 0 Å². The van der Waals surface area contributed by atoms with E-state index in [2.05, 4.69) is 5.32 Å². The molecule has 4 heteroatoms. The quantitative estimate of drug-likeness (QED) is 0.908. The monoisotopic (exact) mass is 273 g/mol. The molecule has 1 N–H and O–H groups in total. The molecule has 1 atom stereocenters. The summed E-state index contributed by atoms with van der Waals surface area (Å²) < 4.78 is 11.4. The molecule has 1 aliphatic rings. The predicted molar refractivity (Wildman–Crippen MR) is 76.7 cm³/mol. The highest BCUT2D eigenvalue weighted by molar-refractivity contribution is 5.84. The maximum Gasteiger partial charge on any atom is 0.223 e. The molecule has 0 spiro atoms. The Morgan fingerprint density at radius 3 is 3.00 bits per heavy atom. The van der Waals surface area contributed by atoms with E-state index in [-0.39, 0.29) is 17.9 Å². The average Bonchev–Trinajstić information content (AvgIpc) is 3.18. The lowest BCUT2D eigenvalue weighted by molar-refractivity contribution is -0.123. The molecule has 1 amide bonds. The summed E-state index contributed by atoms with van der Waals surface area (Å²) in [5.41, 5.74) is 0.747. The molecule has 2 aromatic rings. The second-order valence-corrected chi connectivity index (χ2v) is 5.26. The van der Waals surface area contributed by atoms with Gasteiger partial charge in [-0.25, -0.2) is 0 Å². The Morgan fingerprint density at radius 1 is 1.50 bits per heavy atom. The van der Waals surface area contributed by atoms with Gasteiger partial charge in [-0.05, 0) is 38.8 Å². The van der Waals surface area contributed by atoms with E-state index < -0.39 is 0 Å². The Hall–Kier alpha value is -1.97. The summed E-state index contributed by atoms with van der Waals surface area (Å²) in [6.07, 6.45) is 2.01. The SMILES string of the molecule is CCOc1cccc2cc(C(C)NC(=O)C3CC3)oc12. The van der Waals surface area contributed by atoms with Crippen molar-refractivity contribution in [1.82, 2.24) is 5.32 Å². The Kier molecular flexibility index (Phi) is 3.38. The maximum atomic E-state index is 11.8. The van der Waals surface area contributed by atoms with Gasteiger partial charge < -0.3 is 14.5 Å². The van der Waals surface area contributed by atoms with E-state index in [0.717, 1.165) is 35.3 Å². The van der Waals surface area contributed by atoms with E-state index in [1.54, 1.807) is 0 Å². The zero-order valence-electron chi connectivity index (χ0n) is 11.8. The Bertz CT molecular complexity index is 628. The van der Waals surface area contributed by atoms with Crippen LogP contribution in [0.5, 0.6) is 5.75 Å². The van der Waals surface area contributed by atoms with Crippen molar-refractivity contribution in [2.75, 3.05) is 6.61 Å². The number of hydrogen-bond donors (Lipinski definition) is 1. The van der Waals surface area contributed by atoms with Crippen LogP contribution < -0.4 is 10.1 Å². The highest BCUT2D eigenvalue weighted by Gasteiger charge is 2.31. The highest BCUT2D eigenvalue weighted by atomic mass is 16.5. The number of ether oxygens (including phenoxy) is 1. The number of nitrogens with one attached hydrogen (secondary N) is 1. The first-order chi connectivity index (χ1) is 9.69. The Labute approximate surface area is 118 Å². The van der Waals surface area contributed by atoms with Crippen molar-refractivity contribution in [3.63, 3.8) is 0 Å². The lowest BCUT2D eigenvalue weighted by Gasteiger charge is -2.10. The van der Waals surface area contributed by atoms with Crippen molar-refractivity contribution in [2.24, 2.45) is 5.92 Å². The minimum atomic E-state index is -0.120. The van der Waals surface area contributed by atoms with Crippen molar-refractivity contribution < 1.29 is 13.9 Å². The van der Waals surface area contributed by atoms with E-state index in [1.807, 2.05) is 38.1 Å². The fourth-order valence-electron chi connectivity index (χ4n) is 2.29. The summed E-state index contributed by atoms with van der Waals surface area (Å²) in [5.74, 6) is 1.85. The first-order valence-electron chi connectivity index (χ1n) is 7.14. The fourth-order valence-corrected chi connectivity index (χ4v) is 2.29. The third-order valence-electron chi connectivity index (χ3n) is 3.56. The van der Waals surface area contributed by atoms with Gasteiger partial charge in [-0.1, -0.05) is 12.1 Å². The summed E-state index contributed by atoms with van der Waals surface area (Å²) in [5, 5.41) is 4.00. The summed E-state index contributed by atoms with van der Waals surface area (Å²) in [6, 6.07) is 7.67. The third kappa shape index (κ3) is 2.50. The van der Waals surface area contributed by atoms with Gasteiger partial charge in [-0.2, -0.15) is 0 Å². The van der Waals surface area contributed by atoms with Crippen LogP contribution >= 0.6 is 0 Å². The van der Waals surface area contributed by atoms with E-state index in [4.69, 9.17) is 9.15 Å². The molecule has 0 bridgehead atoms. The molecule has 3 rings (SSSR count). The highest BCUT2D eigenvalue weighted by Crippen LogP contribution is 2.33. The smallest absolute Gasteiger partial charge is 0.223 e. The second kappa shape index (κ2) is 5.19. The summed E-state index contributed by atoms with van der Waals surface area (Å²) in [7, 11) is 0. The number of rotatable bonds is 5. The van der Waals surface area contributed by atoms with Crippen molar-refractivity contribution in [1.29, 1.82) is 0 Å². The average molecular weight is 273 g/mol. The molecular weight excluding hydrogens is 254 g/mol. The van der Waals surface area contributed by atoms with E-state index >= 15 is 0 Å². The molecule has 0 radical (unpaired) electrons. The Morgan fingerprint density at radius 2 is 2.30 bits per heavy atom. The normalized spacial score (nSPS) is 16.1. The number of para-hydroxylation sites is 1. The van der Waals surface area contributed by atoms with E-state index in [1.165, 1.54) is 0 Å². The van der Waals surface area contributed by atoms with Gasteiger partial charge in [-0.3, -0.25) is 4.79 Å². The number of amides is 1. The van der Waals surface area contributed by atoms with E-state index in [0.29, 0.717) is 6.61 Å². The Balaban J connectivity index is 1.84. The molecular formula is C16H19NO3. The van der Waals surface area contributed by atoms with Gasteiger partial charge in [0.05, 0.1) is 12.6 Å². The molecule has 0 saturated heterocycles. The van der Waals surface area contributed by atoms with Crippen LogP contribution in [0.4, 0.5) is 0 Å². The number of benzene rings is 1. The predicted octanol–water partition coefficient (Wildman–Crippen LogP) is 3.42. The number of carbonyl (C=O) groups is 1. The maximum absolute atomic E-state index is 11.8. The van der Waals surface area contributed by atoms with Crippen LogP contribution in [-0.4, -0.2) is 12.5 Å². The summed E-state index contributed by atoms with van der Waals surface area (Å²) in [6.45, 7) is 4.49. The van der Waals surface area contributed by atoms with Gasteiger partial charge >= 0.3 is 0 Å². The number of furan rings is 1. The van der Waals surface area contributed by atoms with Crippen LogP contribution in [0, 0.1) is 5.92 Å².